The molecule has 0 aliphatic heterocycles. The van der Waals surface area contributed by atoms with Crippen molar-refractivity contribution in [2.45, 2.75) is 24.4 Å². The van der Waals surface area contributed by atoms with Crippen LogP contribution in [0.5, 0.6) is 0 Å². The number of aryl methyl sites for hydroxylation is 1. The smallest absolute Gasteiger partial charge is 0.255 e. The van der Waals surface area contributed by atoms with Crippen molar-refractivity contribution in [1.29, 1.82) is 0 Å². The Labute approximate surface area is 220 Å². The second-order valence-corrected chi connectivity index (χ2v) is 9.74. The van der Waals surface area contributed by atoms with Crippen molar-refractivity contribution in [2.24, 2.45) is 0 Å². The van der Waals surface area contributed by atoms with Gasteiger partial charge in [0.05, 0.1) is 17.0 Å². The van der Waals surface area contributed by atoms with Crippen molar-refractivity contribution in [2.75, 3.05) is 12.8 Å². The van der Waals surface area contributed by atoms with Gasteiger partial charge in [0.15, 0.2) is 5.16 Å². The summed E-state index contributed by atoms with van der Waals surface area (Å²) < 4.78 is 0. The Morgan fingerprint density at radius 2 is 1.49 bits per heavy atom. The third-order valence-corrected chi connectivity index (χ3v) is 6.72. The summed E-state index contributed by atoms with van der Waals surface area (Å²) in [6, 6.07) is 25.9. The van der Waals surface area contributed by atoms with Crippen LogP contribution in [0.2, 0.25) is 10.0 Å². The molecule has 4 nitrogen and oxygen atoms in total. The molecule has 3 aromatic carbocycles. The lowest BCUT2D eigenvalue weighted by atomic mass is 9.88. The Morgan fingerprint density at radius 3 is 2.03 bits per heavy atom. The van der Waals surface area contributed by atoms with Crippen LogP contribution in [0.4, 0.5) is 0 Å². The summed E-state index contributed by atoms with van der Waals surface area (Å²) in [5.74, 6) is -0.0544. The van der Waals surface area contributed by atoms with E-state index in [1.54, 1.807) is 18.2 Å². The van der Waals surface area contributed by atoms with Gasteiger partial charge in [-0.1, -0.05) is 95.6 Å². The number of halogens is 2. The Bertz CT molecular complexity index is 1260. The first-order valence-electron chi connectivity index (χ1n) is 11.2. The SMILES string of the molecule is CSc1nc(C)c(C(=O)NCCC(c2ccccc2)c2ccccc2)c(-c2cc(Cl)cc(Cl)c2)n1. The van der Waals surface area contributed by atoms with Gasteiger partial charge in [-0.2, -0.15) is 0 Å². The second-order valence-electron chi connectivity index (χ2n) is 8.10. The van der Waals surface area contributed by atoms with E-state index in [9.17, 15) is 4.79 Å². The van der Waals surface area contributed by atoms with E-state index in [1.807, 2.05) is 49.6 Å². The van der Waals surface area contributed by atoms with Gasteiger partial charge in [-0.3, -0.25) is 4.79 Å². The molecule has 0 radical (unpaired) electrons. The fourth-order valence-corrected chi connectivity index (χ4v) is 5.06. The summed E-state index contributed by atoms with van der Waals surface area (Å²) >= 11 is 13.9. The van der Waals surface area contributed by atoms with E-state index in [1.165, 1.54) is 22.9 Å². The Kier molecular flexibility index (Phi) is 8.45. The Morgan fingerprint density at radius 1 is 0.914 bits per heavy atom. The molecule has 1 heterocycles. The number of carbonyl (C=O) groups excluding carboxylic acids is 1. The Hall–Kier alpha value is -2.86. The summed E-state index contributed by atoms with van der Waals surface area (Å²) in [6.07, 6.45) is 2.65. The summed E-state index contributed by atoms with van der Waals surface area (Å²) in [6.45, 7) is 2.31. The highest BCUT2D eigenvalue weighted by molar-refractivity contribution is 7.98. The maximum atomic E-state index is 13.4. The average Bonchev–Trinajstić information content (AvgIpc) is 2.86. The maximum Gasteiger partial charge on any atom is 0.255 e. The van der Waals surface area contributed by atoms with E-state index >= 15 is 0 Å². The molecule has 0 atom stereocenters. The van der Waals surface area contributed by atoms with Crippen LogP contribution in [-0.4, -0.2) is 28.7 Å². The number of rotatable bonds is 8. The van der Waals surface area contributed by atoms with Crippen molar-refractivity contribution in [3.63, 3.8) is 0 Å². The van der Waals surface area contributed by atoms with Gasteiger partial charge in [0, 0.05) is 28.1 Å². The quantitative estimate of drug-likeness (QED) is 0.193. The molecule has 0 saturated heterocycles. The molecular formula is C28H25Cl2N3OS. The summed E-state index contributed by atoms with van der Waals surface area (Å²) in [7, 11) is 0. The average molecular weight is 523 g/mol. The molecule has 1 N–H and O–H groups in total. The van der Waals surface area contributed by atoms with E-state index in [-0.39, 0.29) is 11.8 Å². The number of hydrogen-bond donors (Lipinski definition) is 1. The molecule has 0 saturated carbocycles. The van der Waals surface area contributed by atoms with Gasteiger partial charge in [-0.25, -0.2) is 9.97 Å². The van der Waals surface area contributed by atoms with Gasteiger partial charge in [0.1, 0.15) is 0 Å². The van der Waals surface area contributed by atoms with Gasteiger partial charge >= 0.3 is 0 Å². The lowest BCUT2D eigenvalue weighted by Crippen LogP contribution is -2.28. The number of nitrogens with one attached hydrogen (secondary N) is 1. The highest BCUT2D eigenvalue weighted by atomic mass is 35.5. The number of carbonyl (C=O) groups is 1. The molecule has 0 unspecified atom stereocenters. The zero-order valence-electron chi connectivity index (χ0n) is 19.5. The van der Waals surface area contributed by atoms with E-state index < -0.39 is 0 Å². The molecule has 35 heavy (non-hydrogen) atoms. The predicted octanol–water partition coefficient (Wildman–Crippen LogP) is 7.43. The topological polar surface area (TPSA) is 54.9 Å². The van der Waals surface area contributed by atoms with E-state index in [0.29, 0.717) is 44.3 Å². The number of benzene rings is 3. The molecule has 4 rings (SSSR count). The molecule has 0 aliphatic carbocycles. The predicted molar refractivity (Wildman–Crippen MR) is 146 cm³/mol. The van der Waals surface area contributed by atoms with Gasteiger partial charge in [0.25, 0.3) is 5.91 Å². The van der Waals surface area contributed by atoms with E-state index in [0.717, 1.165) is 6.42 Å². The van der Waals surface area contributed by atoms with Crippen LogP contribution in [0.15, 0.2) is 84.0 Å². The normalized spacial score (nSPS) is 11.0. The highest BCUT2D eigenvalue weighted by Gasteiger charge is 2.21. The molecule has 0 spiro atoms. The summed E-state index contributed by atoms with van der Waals surface area (Å²) in [5.41, 5.74) is 4.66. The fourth-order valence-electron chi connectivity index (χ4n) is 4.12. The molecule has 4 aromatic rings. The molecule has 0 aliphatic rings. The molecule has 178 valence electrons. The molecular weight excluding hydrogens is 497 g/mol. The largest absolute Gasteiger partial charge is 0.352 e. The minimum absolute atomic E-state index is 0.167. The minimum atomic E-state index is -0.221. The van der Waals surface area contributed by atoms with Crippen molar-refractivity contribution >= 4 is 40.9 Å². The third-order valence-electron chi connectivity index (χ3n) is 5.74. The van der Waals surface area contributed by atoms with Crippen LogP contribution >= 0.6 is 35.0 Å². The fraction of sp³-hybridized carbons (Fsp3) is 0.179. The number of hydrogen-bond acceptors (Lipinski definition) is 4. The van der Waals surface area contributed by atoms with Crippen molar-refractivity contribution in [3.8, 4) is 11.3 Å². The lowest BCUT2D eigenvalue weighted by molar-refractivity contribution is 0.0952. The van der Waals surface area contributed by atoms with Gasteiger partial charge in [-0.15, -0.1) is 0 Å². The number of aromatic nitrogens is 2. The van der Waals surface area contributed by atoms with Crippen LogP contribution in [-0.2, 0) is 0 Å². The van der Waals surface area contributed by atoms with E-state index in [2.05, 4.69) is 39.6 Å². The first-order valence-corrected chi connectivity index (χ1v) is 13.2. The summed E-state index contributed by atoms with van der Waals surface area (Å²) in [5, 5.41) is 4.64. The van der Waals surface area contributed by atoms with Crippen LogP contribution < -0.4 is 5.32 Å². The third kappa shape index (κ3) is 6.23. The molecule has 1 aromatic heterocycles. The van der Waals surface area contributed by atoms with Gasteiger partial charge in [0.2, 0.25) is 0 Å². The number of amides is 1. The van der Waals surface area contributed by atoms with Crippen molar-refractivity contribution in [1.82, 2.24) is 15.3 Å². The second kappa shape index (κ2) is 11.7. The number of thioether (sulfide) groups is 1. The molecule has 0 bridgehead atoms. The van der Waals surface area contributed by atoms with Crippen LogP contribution in [0.1, 0.15) is 39.5 Å². The zero-order chi connectivity index (χ0) is 24.8. The van der Waals surface area contributed by atoms with Crippen molar-refractivity contribution < 1.29 is 4.79 Å². The Balaban J connectivity index is 1.60. The van der Waals surface area contributed by atoms with Crippen LogP contribution in [0.25, 0.3) is 11.3 Å². The lowest BCUT2D eigenvalue weighted by Gasteiger charge is -2.19. The first-order chi connectivity index (χ1) is 17.0. The first kappa shape index (κ1) is 25.2. The van der Waals surface area contributed by atoms with E-state index in [4.69, 9.17) is 23.2 Å². The monoisotopic (exact) mass is 521 g/mol. The maximum absolute atomic E-state index is 13.4. The van der Waals surface area contributed by atoms with Crippen LogP contribution in [0, 0.1) is 6.92 Å². The minimum Gasteiger partial charge on any atom is -0.352 e. The summed E-state index contributed by atoms with van der Waals surface area (Å²) in [4.78, 5) is 22.6. The van der Waals surface area contributed by atoms with Gasteiger partial charge in [-0.05, 0) is 48.9 Å². The van der Waals surface area contributed by atoms with Gasteiger partial charge < -0.3 is 5.32 Å². The molecule has 0 fully saturated rings. The number of nitrogens with zero attached hydrogens (tertiary/aromatic N) is 2. The van der Waals surface area contributed by atoms with Crippen molar-refractivity contribution in [3.05, 3.63) is 111 Å². The molecule has 7 heteroatoms. The molecule has 1 amide bonds. The van der Waals surface area contributed by atoms with Crippen LogP contribution in [0.3, 0.4) is 0 Å². The highest BCUT2D eigenvalue weighted by Crippen LogP contribution is 2.31. The zero-order valence-corrected chi connectivity index (χ0v) is 21.8. The standard InChI is InChI=1S/C28H25Cl2N3OS/c1-18-25(26(33-28(32-18)35-2)21-15-22(29)17-23(30)16-21)27(34)31-14-13-24(19-9-5-3-6-10-19)20-11-7-4-8-12-20/h3-12,15-17,24H,13-14H2,1-2H3,(H,31,34).